The van der Waals surface area contributed by atoms with E-state index >= 15 is 0 Å². The van der Waals surface area contributed by atoms with Crippen molar-refractivity contribution in [2.45, 2.75) is 18.2 Å². The molecule has 1 heterocycles. The summed E-state index contributed by atoms with van der Waals surface area (Å²) in [5, 5.41) is 11.5. The van der Waals surface area contributed by atoms with Crippen LogP contribution in [0.15, 0.2) is 45.8 Å². The molecular formula is C12H15NOS. The van der Waals surface area contributed by atoms with Crippen molar-refractivity contribution < 1.29 is 5.11 Å². The molecule has 2 rings (SSSR count). The minimum Gasteiger partial charge on any atom is -0.508 e. The first kappa shape index (κ1) is 10.3. The van der Waals surface area contributed by atoms with Gasteiger partial charge in [0.25, 0.3) is 0 Å². The van der Waals surface area contributed by atoms with Crippen molar-refractivity contribution in [2.75, 3.05) is 5.75 Å². The third-order valence-electron chi connectivity index (χ3n) is 2.46. The van der Waals surface area contributed by atoms with Gasteiger partial charge in [0.2, 0.25) is 0 Å². The minimum absolute atomic E-state index is 0.323. The fourth-order valence-corrected chi connectivity index (χ4v) is 4.46. The standard InChI is InChI=1S/C12H15NOS/c1-2-8-15(9-7-13-10-15)12-5-3-11(14)4-6-12/h3-7,9-10,14H,2,8H2,1H3. The molecule has 1 aliphatic rings. The molecule has 0 radical (unpaired) electrons. The van der Waals surface area contributed by atoms with Gasteiger partial charge in [-0.05, 0) is 46.7 Å². The molecule has 1 unspecified atom stereocenters. The van der Waals surface area contributed by atoms with Crippen LogP contribution in [-0.2, 0) is 0 Å². The number of nitrogens with zero attached hydrogens (tertiary/aromatic N) is 1. The summed E-state index contributed by atoms with van der Waals surface area (Å²) in [4.78, 5) is 5.50. The minimum atomic E-state index is -0.990. The van der Waals surface area contributed by atoms with Crippen molar-refractivity contribution in [3.05, 3.63) is 35.9 Å². The van der Waals surface area contributed by atoms with Crippen LogP contribution in [0.25, 0.3) is 0 Å². The monoisotopic (exact) mass is 221 g/mol. The zero-order valence-electron chi connectivity index (χ0n) is 8.76. The molecule has 3 heteroatoms. The van der Waals surface area contributed by atoms with Gasteiger partial charge in [-0.3, -0.25) is 4.99 Å². The first-order chi connectivity index (χ1) is 7.27. The third-order valence-corrected chi connectivity index (χ3v) is 5.80. The van der Waals surface area contributed by atoms with Gasteiger partial charge in [-0.15, -0.1) is 0 Å². The van der Waals surface area contributed by atoms with Gasteiger partial charge in [-0.1, -0.05) is 6.92 Å². The lowest BCUT2D eigenvalue weighted by molar-refractivity contribution is 0.475. The van der Waals surface area contributed by atoms with E-state index in [2.05, 4.69) is 22.9 Å². The molecule has 1 aromatic rings. The number of aromatic hydroxyl groups is 1. The molecule has 0 fully saturated rings. The summed E-state index contributed by atoms with van der Waals surface area (Å²) in [5.74, 6) is 1.46. The van der Waals surface area contributed by atoms with Crippen LogP contribution in [0.3, 0.4) is 0 Å². The van der Waals surface area contributed by atoms with E-state index in [-0.39, 0.29) is 0 Å². The molecule has 0 saturated carbocycles. The summed E-state index contributed by atoms with van der Waals surface area (Å²) < 4.78 is 0. The van der Waals surface area contributed by atoms with E-state index in [1.807, 2.05) is 18.3 Å². The van der Waals surface area contributed by atoms with Crippen molar-refractivity contribution in [1.82, 2.24) is 0 Å². The first-order valence-electron chi connectivity index (χ1n) is 5.07. The Morgan fingerprint density at radius 2 is 2.00 bits per heavy atom. The van der Waals surface area contributed by atoms with Crippen LogP contribution in [0.1, 0.15) is 13.3 Å². The summed E-state index contributed by atoms with van der Waals surface area (Å²) in [6.07, 6.45) is 3.03. The van der Waals surface area contributed by atoms with Crippen LogP contribution in [-0.4, -0.2) is 16.4 Å². The van der Waals surface area contributed by atoms with Crippen LogP contribution >= 0.6 is 10.0 Å². The van der Waals surface area contributed by atoms with Gasteiger partial charge in [0.15, 0.2) is 0 Å². The Labute approximate surface area is 91.7 Å². The van der Waals surface area contributed by atoms with Gasteiger partial charge >= 0.3 is 0 Å². The van der Waals surface area contributed by atoms with E-state index < -0.39 is 10.0 Å². The van der Waals surface area contributed by atoms with Crippen molar-refractivity contribution in [3.8, 4) is 5.75 Å². The third kappa shape index (κ3) is 1.92. The number of phenolic OH excluding ortho intramolecular Hbond substituents is 1. The van der Waals surface area contributed by atoms with Crippen molar-refractivity contribution in [1.29, 1.82) is 0 Å². The van der Waals surface area contributed by atoms with Gasteiger partial charge < -0.3 is 5.11 Å². The van der Waals surface area contributed by atoms with Crippen LogP contribution in [0.2, 0.25) is 0 Å². The average Bonchev–Trinajstić information content (AvgIpc) is 2.69. The highest BCUT2D eigenvalue weighted by Crippen LogP contribution is 2.57. The normalized spacial score (nSPS) is 27.8. The number of hydrogen-bond donors (Lipinski definition) is 1. The van der Waals surface area contributed by atoms with Crippen molar-refractivity contribution >= 4 is 15.6 Å². The lowest BCUT2D eigenvalue weighted by Gasteiger charge is -2.30. The van der Waals surface area contributed by atoms with Gasteiger partial charge in [-0.25, -0.2) is 0 Å². The maximum absolute atomic E-state index is 9.27. The number of rotatable bonds is 3. The Morgan fingerprint density at radius 1 is 1.27 bits per heavy atom. The first-order valence-corrected chi connectivity index (χ1v) is 6.99. The molecule has 80 valence electrons. The molecule has 0 aromatic heterocycles. The molecule has 0 bridgehead atoms. The largest absolute Gasteiger partial charge is 0.508 e. The van der Waals surface area contributed by atoms with Crippen LogP contribution in [0.5, 0.6) is 5.75 Å². The van der Waals surface area contributed by atoms with E-state index in [1.54, 1.807) is 12.1 Å². The predicted molar refractivity (Wildman–Crippen MR) is 66.8 cm³/mol. The molecule has 1 aromatic carbocycles. The predicted octanol–water partition coefficient (Wildman–Crippen LogP) is 3.48. The Balaban J connectivity index is 2.37. The summed E-state index contributed by atoms with van der Waals surface area (Å²) in [5.41, 5.74) is 2.07. The van der Waals surface area contributed by atoms with E-state index in [0.717, 1.165) is 12.2 Å². The molecule has 0 saturated heterocycles. The molecule has 0 amide bonds. The summed E-state index contributed by atoms with van der Waals surface area (Å²) in [6, 6.07) is 7.50. The SMILES string of the molecule is CCCS1(c2ccc(O)cc2)C=CN=C1. The lowest BCUT2D eigenvalue weighted by Crippen LogP contribution is -2.01. The lowest BCUT2D eigenvalue weighted by atomic mass is 10.3. The van der Waals surface area contributed by atoms with Crippen molar-refractivity contribution in [3.63, 3.8) is 0 Å². The maximum Gasteiger partial charge on any atom is 0.115 e. The zero-order valence-corrected chi connectivity index (χ0v) is 9.57. The molecule has 1 N–H and O–H groups in total. The molecule has 0 spiro atoms. The van der Waals surface area contributed by atoms with Gasteiger partial charge in [0.1, 0.15) is 5.75 Å². The van der Waals surface area contributed by atoms with Gasteiger partial charge in [-0.2, -0.15) is 10.0 Å². The highest BCUT2D eigenvalue weighted by molar-refractivity contribution is 8.46. The second-order valence-electron chi connectivity index (χ2n) is 3.59. The van der Waals surface area contributed by atoms with Gasteiger partial charge in [0, 0.05) is 6.20 Å². The van der Waals surface area contributed by atoms with Crippen LogP contribution in [0, 0.1) is 0 Å². The summed E-state index contributed by atoms with van der Waals surface area (Å²) >= 11 is 0. The number of aliphatic imine (C=N–C) groups is 1. The Bertz CT molecular complexity index is 383. The van der Waals surface area contributed by atoms with Crippen molar-refractivity contribution in [2.24, 2.45) is 4.99 Å². The zero-order chi connectivity index (χ0) is 10.7. The fraction of sp³-hybridized carbons (Fsp3) is 0.250. The fourth-order valence-electron chi connectivity index (χ4n) is 1.74. The van der Waals surface area contributed by atoms with Crippen LogP contribution < -0.4 is 0 Å². The molecule has 2 nitrogen and oxygen atoms in total. The topological polar surface area (TPSA) is 32.6 Å². The highest BCUT2D eigenvalue weighted by atomic mass is 32.3. The summed E-state index contributed by atoms with van der Waals surface area (Å²) in [6.45, 7) is 2.19. The second-order valence-corrected chi connectivity index (χ2v) is 6.65. The van der Waals surface area contributed by atoms with E-state index in [1.165, 1.54) is 4.90 Å². The Morgan fingerprint density at radius 3 is 2.53 bits per heavy atom. The maximum atomic E-state index is 9.27. The summed E-state index contributed by atoms with van der Waals surface area (Å²) in [7, 11) is -0.990. The second kappa shape index (κ2) is 4.11. The number of benzene rings is 1. The van der Waals surface area contributed by atoms with E-state index in [4.69, 9.17) is 0 Å². The Kier molecular flexibility index (Phi) is 2.82. The van der Waals surface area contributed by atoms with Crippen LogP contribution in [0.4, 0.5) is 0 Å². The van der Waals surface area contributed by atoms with E-state index in [9.17, 15) is 5.11 Å². The van der Waals surface area contributed by atoms with Gasteiger partial charge in [0.05, 0.1) is 5.55 Å². The molecule has 0 aliphatic carbocycles. The Hall–Kier alpha value is -1.22. The molecular weight excluding hydrogens is 206 g/mol. The number of hydrogen-bond acceptors (Lipinski definition) is 2. The smallest absolute Gasteiger partial charge is 0.115 e. The van der Waals surface area contributed by atoms with E-state index in [0.29, 0.717) is 5.75 Å². The average molecular weight is 221 g/mol. The quantitative estimate of drug-likeness (QED) is 0.832. The molecule has 1 atom stereocenters. The molecule has 1 aliphatic heterocycles. The number of phenols is 1. The highest BCUT2D eigenvalue weighted by Gasteiger charge is 2.22. The molecule has 15 heavy (non-hydrogen) atoms.